The maximum atomic E-state index is 14.0. The van der Waals surface area contributed by atoms with Crippen LogP contribution in [0, 0.1) is 12.7 Å². The molecule has 0 aliphatic rings. The predicted octanol–water partition coefficient (Wildman–Crippen LogP) is 4.07. The first-order chi connectivity index (χ1) is 10.0. The van der Waals surface area contributed by atoms with Gasteiger partial charge >= 0.3 is 0 Å². The molecule has 1 amide bonds. The molecule has 0 saturated carbocycles. The van der Waals surface area contributed by atoms with Crippen LogP contribution in [0.15, 0.2) is 41.4 Å². The van der Waals surface area contributed by atoms with E-state index in [9.17, 15) is 9.18 Å². The number of nitrogens with one attached hydrogen (secondary N) is 1. The Morgan fingerprint density at radius 2 is 2.14 bits per heavy atom. The first-order valence-electron chi connectivity index (χ1n) is 6.17. The van der Waals surface area contributed by atoms with E-state index in [-0.39, 0.29) is 5.82 Å². The van der Waals surface area contributed by atoms with Crippen LogP contribution < -0.4 is 4.80 Å². The molecule has 0 aliphatic heterocycles. The van der Waals surface area contributed by atoms with Crippen molar-refractivity contribution in [2.45, 2.75) is 6.92 Å². The van der Waals surface area contributed by atoms with Gasteiger partial charge in [0.2, 0.25) is 0 Å². The van der Waals surface area contributed by atoms with Gasteiger partial charge < -0.3 is 4.98 Å². The number of hydrogen-bond donors (Lipinski definition) is 1. The molecular weight excluding hydrogens is 311 g/mol. The number of aromatic nitrogens is 1. The predicted molar refractivity (Wildman–Crippen MR) is 82.2 cm³/mol. The molecule has 0 aliphatic carbocycles. The molecule has 0 bridgehead atoms. The van der Waals surface area contributed by atoms with E-state index in [0.29, 0.717) is 31.2 Å². The standard InChI is InChI=1S/C15H10ClFN2OS/c1-8-5-6-11-13(12(8)17)21-15(18-11)19-14(20)9-3-2-4-10(16)7-9/h2-7H,1H3,(H,18,19,20). The summed E-state index contributed by atoms with van der Waals surface area (Å²) in [5.41, 5.74) is 1.58. The number of rotatable bonds is 1. The van der Waals surface area contributed by atoms with Gasteiger partial charge in [0, 0.05) is 10.6 Å². The SMILES string of the molecule is Cc1ccc2[nH]/c(=N/C(=O)c3cccc(Cl)c3)sc2c1F. The van der Waals surface area contributed by atoms with E-state index >= 15 is 0 Å². The molecule has 0 spiro atoms. The van der Waals surface area contributed by atoms with Crippen LogP contribution in [-0.2, 0) is 0 Å². The van der Waals surface area contributed by atoms with E-state index in [0.717, 1.165) is 11.3 Å². The van der Waals surface area contributed by atoms with E-state index in [1.54, 1.807) is 43.3 Å². The van der Waals surface area contributed by atoms with E-state index in [2.05, 4.69) is 9.98 Å². The number of fused-ring (bicyclic) bond motifs is 1. The smallest absolute Gasteiger partial charge is 0.279 e. The fourth-order valence-electron chi connectivity index (χ4n) is 1.92. The molecular formula is C15H10ClFN2OS. The zero-order valence-corrected chi connectivity index (χ0v) is 12.6. The van der Waals surface area contributed by atoms with Crippen molar-refractivity contribution in [2.75, 3.05) is 0 Å². The zero-order valence-electron chi connectivity index (χ0n) is 11.0. The maximum absolute atomic E-state index is 14.0. The third kappa shape index (κ3) is 2.75. The van der Waals surface area contributed by atoms with Crippen molar-refractivity contribution in [3.8, 4) is 0 Å². The second kappa shape index (κ2) is 5.42. The highest BCUT2D eigenvalue weighted by Crippen LogP contribution is 2.21. The number of aromatic amines is 1. The first-order valence-corrected chi connectivity index (χ1v) is 7.36. The van der Waals surface area contributed by atoms with Gasteiger partial charge in [-0.15, -0.1) is 0 Å². The summed E-state index contributed by atoms with van der Waals surface area (Å²) in [5, 5.41) is 0.470. The molecule has 0 fully saturated rings. The Kier molecular flexibility index (Phi) is 3.61. The molecule has 106 valence electrons. The second-order valence-corrected chi connectivity index (χ2v) is 5.97. The number of halogens is 2. The monoisotopic (exact) mass is 320 g/mol. The maximum Gasteiger partial charge on any atom is 0.279 e. The lowest BCUT2D eigenvalue weighted by atomic mass is 10.2. The number of carbonyl (C=O) groups is 1. The van der Waals surface area contributed by atoms with Gasteiger partial charge in [-0.25, -0.2) is 4.39 Å². The molecule has 1 heterocycles. The summed E-state index contributed by atoms with van der Waals surface area (Å²) >= 11 is 6.96. The number of aryl methyl sites for hydroxylation is 1. The van der Waals surface area contributed by atoms with E-state index in [1.807, 2.05) is 0 Å². The summed E-state index contributed by atoms with van der Waals surface area (Å²) in [7, 11) is 0. The third-order valence-corrected chi connectivity index (χ3v) is 4.23. The minimum atomic E-state index is -0.419. The summed E-state index contributed by atoms with van der Waals surface area (Å²) < 4.78 is 14.4. The number of benzene rings is 2. The Balaban J connectivity index is 2.08. The molecule has 6 heteroatoms. The molecule has 0 saturated heterocycles. The Bertz CT molecular complexity index is 913. The van der Waals surface area contributed by atoms with Gasteiger partial charge in [0.25, 0.3) is 5.91 Å². The van der Waals surface area contributed by atoms with Crippen molar-refractivity contribution in [1.29, 1.82) is 0 Å². The van der Waals surface area contributed by atoms with Crippen LogP contribution in [0.25, 0.3) is 10.2 Å². The molecule has 0 radical (unpaired) electrons. The van der Waals surface area contributed by atoms with Crippen LogP contribution in [0.3, 0.4) is 0 Å². The van der Waals surface area contributed by atoms with Crippen LogP contribution in [0.2, 0.25) is 5.02 Å². The van der Waals surface area contributed by atoms with Crippen molar-refractivity contribution in [3.05, 3.63) is 63.2 Å². The van der Waals surface area contributed by atoms with Crippen molar-refractivity contribution in [2.24, 2.45) is 4.99 Å². The van der Waals surface area contributed by atoms with Crippen molar-refractivity contribution in [1.82, 2.24) is 4.98 Å². The minimum absolute atomic E-state index is 0.287. The fraction of sp³-hybridized carbons (Fsp3) is 0.0667. The Morgan fingerprint density at radius 3 is 2.90 bits per heavy atom. The molecule has 0 atom stereocenters. The van der Waals surface area contributed by atoms with Gasteiger partial charge in [-0.1, -0.05) is 35.1 Å². The summed E-state index contributed by atoms with van der Waals surface area (Å²) in [5.74, 6) is -0.706. The van der Waals surface area contributed by atoms with Gasteiger partial charge in [-0.05, 0) is 36.8 Å². The zero-order chi connectivity index (χ0) is 15.0. The van der Waals surface area contributed by atoms with Crippen LogP contribution in [0.4, 0.5) is 4.39 Å². The molecule has 21 heavy (non-hydrogen) atoms. The van der Waals surface area contributed by atoms with Crippen LogP contribution in [-0.4, -0.2) is 10.9 Å². The summed E-state index contributed by atoms with van der Waals surface area (Å²) in [6.07, 6.45) is 0. The molecule has 3 nitrogen and oxygen atoms in total. The van der Waals surface area contributed by atoms with Crippen LogP contribution >= 0.6 is 22.9 Å². The molecule has 2 aromatic carbocycles. The summed E-state index contributed by atoms with van der Waals surface area (Å²) in [4.78, 5) is 19.3. The summed E-state index contributed by atoms with van der Waals surface area (Å²) in [6, 6.07) is 10.0. The summed E-state index contributed by atoms with van der Waals surface area (Å²) in [6.45, 7) is 1.70. The number of carbonyl (C=O) groups excluding carboxylic acids is 1. The highest BCUT2D eigenvalue weighted by atomic mass is 35.5. The first kappa shape index (κ1) is 14.0. The number of thiazole rings is 1. The minimum Gasteiger partial charge on any atom is -0.330 e. The van der Waals surface area contributed by atoms with E-state index in [4.69, 9.17) is 11.6 Å². The molecule has 1 aromatic heterocycles. The van der Waals surface area contributed by atoms with Crippen molar-refractivity contribution < 1.29 is 9.18 Å². The Labute approximate surface area is 128 Å². The average molecular weight is 321 g/mol. The van der Waals surface area contributed by atoms with Crippen molar-refractivity contribution in [3.63, 3.8) is 0 Å². The average Bonchev–Trinajstić information content (AvgIpc) is 2.86. The van der Waals surface area contributed by atoms with Gasteiger partial charge in [0.15, 0.2) is 4.80 Å². The van der Waals surface area contributed by atoms with E-state index in [1.165, 1.54) is 0 Å². The van der Waals surface area contributed by atoms with Gasteiger partial charge in [0.05, 0.1) is 10.2 Å². The highest BCUT2D eigenvalue weighted by molar-refractivity contribution is 7.16. The lowest BCUT2D eigenvalue weighted by Gasteiger charge is -1.94. The fourth-order valence-corrected chi connectivity index (χ4v) is 3.07. The molecule has 3 rings (SSSR count). The third-order valence-electron chi connectivity index (χ3n) is 3.01. The highest BCUT2D eigenvalue weighted by Gasteiger charge is 2.09. The Morgan fingerprint density at radius 1 is 1.33 bits per heavy atom. The van der Waals surface area contributed by atoms with Gasteiger partial charge in [-0.2, -0.15) is 4.99 Å². The molecule has 1 N–H and O–H groups in total. The number of amides is 1. The lowest BCUT2D eigenvalue weighted by Crippen LogP contribution is -2.04. The topological polar surface area (TPSA) is 45.2 Å². The van der Waals surface area contributed by atoms with Crippen molar-refractivity contribution >= 4 is 39.1 Å². The van der Waals surface area contributed by atoms with E-state index < -0.39 is 5.91 Å². The number of nitrogens with zero attached hydrogens (tertiary/aromatic N) is 1. The molecule has 3 aromatic rings. The van der Waals surface area contributed by atoms with Gasteiger partial charge in [-0.3, -0.25) is 4.79 Å². The lowest BCUT2D eigenvalue weighted by molar-refractivity contribution is 0.0998. The quantitative estimate of drug-likeness (QED) is 0.721. The largest absolute Gasteiger partial charge is 0.330 e. The second-order valence-electron chi connectivity index (χ2n) is 4.53. The molecule has 0 unspecified atom stereocenters. The number of hydrogen-bond acceptors (Lipinski definition) is 2. The normalized spacial score (nSPS) is 12.0. The number of H-pyrrole nitrogens is 1. The van der Waals surface area contributed by atoms with Gasteiger partial charge in [0.1, 0.15) is 5.82 Å². The Hall–Kier alpha value is -1.98. The van der Waals surface area contributed by atoms with Crippen LogP contribution in [0.1, 0.15) is 15.9 Å². The van der Waals surface area contributed by atoms with Crippen LogP contribution in [0.5, 0.6) is 0 Å².